The molecule has 0 aromatic heterocycles. The molecule has 0 aliphatic carbocycles. The quantitative estimate of drug-likeness (QED) is 0.868. The van der Waals surface area contributed by atoms with E-state index in [-0.39, 0.29) is 5.75 Å². The fourth-order valence-electron chi connectivity index (χ4n) is 2.17. The van der Waals surface area contributed by atoms with Gasteiger partial charge in [0.2, 0.25) is 0 Å². The topological polar surface area (TPSA) is 41.5 Å². The predicted octanol–water partition coefficient (Wildman–Crippen LogP) is 2.94. The van der Waals surface area contributed by atoms with Crippen molar-refractivity contribution in [3.63, 3.8) is 0 Å². The maximum Gasteiger partial charge on any atom is 0.123 e. The van der Waals surface area contributed by atoms with Crippen LogP contribution >= 0.6 is 0 Å². The number of phenolic OH excluding ortho intramolecular Hbond substituents is 1. The first-order valence-electron chi connectivity index (χ1n) is 6.09. The zero-order chi connectivity index (χ0) is 12.4. The van der Waals surface area contributed by atoms with Crippen molar-refractivity contribution in [2.75, 3.05) is 11.9 Å². The van der Waals surface area contributed by atoms with Crippen LogP contribution in [0, 0.1) is 0 Å². The molecule has 0 bridgehead atoms. The van der Waals surface area contributed by atoms with Crippen LogP contribution in [-0.4, -0.2) is 11.7 Å². The van der Waals surface area contributed by atoms with Crippen LogP contribution in [0.15, 0.2) is 42.5 Å². The average Bonchev–Trinajstić information content (AvgIpc) is 2.84. The first-order valence-corrected chi connectivity index (χ1v) is 6.09. The Morgan fingerprint density at radius 1 is 1.17 bits per heavy atom. The van der Waals surface area contributed by atoms with Crippen LogP contribution in [0.5, 0.6) is 11.5 Å². The van der Waals surface area contributed by atoms with Gasteiger partial charge in [0, 0.05) is 18.3 Å². The number of anilines is 1. The van der Waals surface area contributed by atoms with E-state index in [2.05, 4.69) is 23.5 Å². The molecule has 2 aromatic carbocycles. The van der Waals surface area contributed by atoms with Crippen LogP contribution in [0.1, 0.15) is 11.1 Å². The van der Waals surface area contributed by atoms with Gasteiger partial charge in [-0.1, -0.05) is 18.2 Å². The SMILES string of the molecule is Oc1cccc(OCc2ccc3c(c2)NCC3)c1. The van der Waals surface area contributed by atoms with Crippen LogP contribution in [-0.2, 0) is 13.0 Å². The lowest BCUT2D eigenvalue weighted by Crippen LogP contribution is -1.96. The van der Waals surface area contributed by atoms with Gasteiger partial charge in [-0.2, -0.15) is 0 Å². The molecule has 0 fully saturated rings. The zero-order valence-electron chi connectivity index (χ0n) is 10.0. The fourth-order valence-corrected chi connectivity index (χ4v) is 2.17. The molecule has 0 spiro atoms. The number of ether oxygens (including phenoxy) is 1. The van der Waals surface area contributed by atoms with Crippen molar-refractivity contribution in [2.45, 2.75) is 13.0 Å². The van der Waals surface area contributed by atoms with Gasteiger partial charge in [-0.15, -0.1) is 0 Å². The molecule has 0 unspecified atom stereocenters. The fraction of sp³-hybridized carbons (Fsp3) is 0.200. The molecule has 3 rings (SSSR count). The van der Waals surface area contributed by atoms with E-state index in [9.17, 15) is 5.11 Å². The van der Waals surface area contributed by atoms with E-state index in [1.807, 2.05) is 6.07 Å². The van der Waals surface area contributed by atoms with E-state index in [4.69, 9.17) is 4.74 Å². The normalized spacial score (nSPS) is 12.9. The number of nitrogens with one attached hydrogen (secondary N) is 1. The lowest BCUT2D eigenvalue weighted by Gasteiger charge is -2.08. The molecule has 18 heavy (non-hydrogen) atoms. The van der Waals surface area contributed by atoms with E-state index in [1.54, 1.807) is 18.2 Å². The molecule has 0 radical (unpaired) electrons. The number of hydrogen-bond donors (Lipinski definition) is 2. The number of benzene rings is 2. The Balaban J connectivity index is 1.70. The maximum absolute atomic E-state index is 9.35. The van der Waals surface area contributed by atoms with Crippen LogP contribution in [0.4, 0.5) is 5.69 Å². The Morgan fingerprint density at radius 3 is 3.00 bits per heavy atom. The van der Waals surface area contributed by atoms with Crippen molar-refractivity contribution < 1.29 is 9.84 Å². The van der Waals surface area contributed by atoms with Crippen LogP contribution in [0.2, 0.25) is 0 Å². The van der Waals surface area contributed by atoms with Gasteiger partial charge >= 0.3 is 0 Å². The second kappa shape index (κ2) is 4.61. The van der Waals surface area contributed by atoms with Crippen LogP contribution in [0.3, 0.4) is 0 Å². The maximum atomic E-state index is 9.35. The highest BCUT2D eigenvalue weighted by Crippen LogP contribution is 2.24. The number of hydrogen-bond acceptors (Lipinski definition) is 3. The molecular weight excluding hydrogens is 226 g/mol. The highest BCUT2D eigenvalue weighted by atomic mass is 16.5. The first kappa shape index (κ1) is 11.0. The third kappa shape index (κ3) is 2.25. The lowest BCUT2D eigenvalue weighted by atomic mass is 10.1. The molecule has 2 N–H and O–H groups in total. The van der Waals surface area contributed by atoms with Gasteiger partial charge in [0.1, 0.15) is 18.1 Å². The molecule has 3 nitrogen and oxygen atoms in total. The highest BCUT2D eigenvalue weighted by molar-refractivity contribution is 5.57. The Hall–Kier alpha value is -2.16. The minimum absolute atomic E-state index is 0.225. The Kier molecular flexibility index (Phi) is 2.81. The van der Waals surface area contributed by atoms with Crippen molar-refractivity contribution in [3.05, 3.63) is 53.6 Å². The molecule has 1 aliphatic rings. The summed E-state index contributed by atoms with van der Waals surface area (Å²) < 4.78 is 5.64. The molecule has 0 atom stereocenters. The first-order chi connectivity index (χ1) is 8.81. The van der Waals surface area contributed by atoms with Crippen LogP contribution in [0.25, 0.3) is 0 Å². The predicted molar refractivity (Wildman–Crippen MR) is 71.1 cm³/mol. The number of phenols is 1. The van der Waals surface area contributed by atoms with Gasteiger partial charge in [-0.3, -0.25) is 0 Å². The third-order valence-electron chi connectivity index (χ3n) is 3.11. The van der Waals surface area contributed by atoms with Gasteiger partial charge in [0.05, 0.1) is 0 Å². The van der Waals surface area contributed by atoms with Crippen molar-refractivity contribution in [2.24, 2.45) is 0 Å². The molecule has 3 heteroatoms. The second-order valence-corrected chi connectivity index (χ2v) is 4.45. The Labute approximate surface area is 106 Å². The molecular formula is C15H15NO2. The summed E-state index contributed by atoms with van der Waals surface area (Å²) in [5.74, 6) is 0.909. The standard InChI is InChI=1S/C15H15NO2/c17-13-2-1-3-14(9-13)18-10-11-4-5-12-6-7-16-15(12)8-11/h1-5,8-9,16-17H,6-7,10H2. The Morgan fingerprint density at radius 2 is 2.11 bits per heavy atom. The molecule has 0 amide bonds. The summed E-state index contributed by atoms with van der Waals surface area (Å²) in [6.45, 7) is 1.53. The minimum Gasteiger partial charge on any atom is -0.508 e. The number of aromatic hydroxyl groups is 1. The highest BCUT2D eigenvalue weighted by Gasteiger charge is 2.09. The lowest BCUT2D eigenvalue weighted by molar-refractivity contribution is 0.304. The van der Waals surface area contributed by atoms with E-state index in [0.29, 0.717) is 12.4 Å². The van der Waals surface area contributed by atoms with Gasteiger partial charge in [0.25, 0.3) is 0 Å². The summed E-state index contributed by atoms with van der Waals surface area (Å²) in [4.78, 5) is 0. The molecule has 92 valence electrons. The summed E-state index contributed by atoms with van der Waals surface area (Å²) >= 11 is 0. The molecule has 2 aromatic rings. The molecule has 1 heterocycles. The van der Waals surface area contributed by atoms with E-state index >= 15 is 0 Å². The van der Waals surface area contributed by atoms with E-state index < -0.39 is 0 Å². The van der Waals surface area contributed by atoms with Gasteiger partial charge in [-0.05, 0) is 35.7 Å². The van der Waals surface area contributed by atoms with Crippen molar-refractivity contribution >= 4 is 5.69 Å². The van der Waals surface area contributed by atoms with Crippen LogP contribution < -0.4 is 10.1 Å². The summed E-state index contributed by atoms with van der Waals surface area (Å²) in [7, 11) is 0. The Bertz CT molecular complexity index is 566. The third-order valence-corrected chi connectivity index (χ3v) is 3.11. The molecule has 0 saturated carbocycles. The molecule has 1 aliphatic heterocycles. The minimum atomic E-state index is 0.225. The average molecular weight is 241 g/mol. The van der Waals surface area contributed by atoms with Crippen molar-refractivity contribution in [1.82, 2.24) is 0 Å². The monoisotopic (exact) mass is 241 g/mol. The van der Waals surface area contributed by atoms with Crippen molar-refractivity contribution in [1.29, 1.82) is 0 Å². The van der Waals surface area contributed by atoms with Crippen molar-refractivity contribution in [3.8, 4) is 11.5 Å². The summed E-state index contributed by atoms with van der Waals surface area (Å²) in [5, 5.41) is 12.7. The zero-order valence-corrected chi connectivity index (χ0v) is 10.0. The number of rotatable bonds is 3. The molecule has 0 saturated heterocycles. The largest absolute Gasteiger partial charge is 0.508 e. The summed E-state index contributed by atoms with van der Waals surface area (Å²) in [5.41, 5.74) is 3.72. The smallest absolute Gasteiger partial charge is 0.123 e. The number of fused-ring (bicyclic) bond motifs is 1. The van der Waals surface area contributed by atoms with E-state index in [0.717, 1.165) is 18.5 Å². The second-order valence-electron chi connectivity index (χ2n) is 4.45. The van der Waals surface area contributed by atoms with E-state index in [1.165, 1.54) is 11.3 Å². The summed E-state index contributed by atoms with van der Waals surface area (Å²) in [6.07, 6.45) is 1.10. The van der Waals surface area contributed by atoms with Gasteiger partial charge in [-0.25, -0.2) is 0 Å². The van der Waals surface area contributed by atoms with Gasteiger partial charge < -0.3 is 15.2 Å². The van der Waals surface area contributed by atoms with Gasteiger partial charge in [0.15, 0.2) is 0 Å². The summed E-state index contributed by atoms with van der Waals surface area (Å²) in [6, 6.07) is 13.2.